The molecule has 1 saturated heterocycles. The van der Waals surface area contributed by atoms with E-state index in [-0.39, 0.29) is 41.7 Å². The van der Waals surface area contributed by atoms with E-state index in [1.165, 1.54) is 26.6 Å². The van der Waals surface area contributed by atoms with Crippen LogP contribution in [0.25, 0.3) is 0 Å². The largest absolute Gasteiger partial charge is 0.550 e. The average molecular weight is 327 g/mol. The van der Waals surface area contributed by atoms with E-state index in [1.54, 1.807) is 24.2 Å². The molecule has 0 aliphatic carbocycles. The summed E-state index contributed by atoms with van der Waals surface area (Å²) in [5, 5.41) is 13.0. The van der Waals surface area contributed by atoms with Crippen LogP contribution in [0.3, 0.4) is 0 Å². The fraction of sp³-hybridized carbons (Fsp3) is 0.462. The van der Waals surface area contributed by atoms with E-state index >= 15 is 0 Å². The highest BCUT2D eigenvalue weighted by molar-refractivity contribution is 8.77. The molecule has 6 nitrogen and oxygen atoms in total. The van der Waals surface area contributed by atoms with E-state index in [0.717, 1.165) is 0 Å². The number of carboxylic acid groups (broad SMARTS) is 1. The van der Waals surface area contributed by atoms with Crippen LogP contribution in [0.2, 0.25) is 0 Å². The Bertz CT molecular complexity index is 490. The number of rotatable bonds is 6. The fourth-order valence-corrected chi connectivity index (χ4v) is 4.46. The molecule has 0 spiro atoms. The van der Waals surface area contributed by atoms with Crippen molar-refractivity contribution in [1.82, 2.24) is 10.0 Å². The minimum Gasteiger partial charge on any atom is -0.550 e. The van der Waals surface area contributed by atoms with Crippen LogP contribution in [0.1, 0.15) is 26.2 Å². The number of hydrogen-bond acceptors (Lipinski definition) is 7. The number of aliphatic carboxylic acids is 1. The summed E-state index contributed by atoms with van der Waals surface area (Å²) in [4.78, 5) is 34.2. The number of nitrogens with zero attached hydrogens (tertiary/aromatic N) is 2. The first kappa shape index (κ1) is 16.0. The molecule has 0 aromatic carbocycles. The van der Waals surface area contributed by atoms with Gasteiger partial charge in [-0.3, -0.25) is 14.6 Å². The molecule has 2 atom stereocenters. The lowest BCUT2D eigenvalue weighted by molar-refractivity contribution is -0.305. The van der Waals surface area contributed by atoms with Gasteiger partial charge in [0.25, 0.3) is 0 Å². The van der Waals surface area contributed by atoms with Gasteiger partial charge in [-0.2, -0.15) is 5.01 Å². The summed E-state index contributed by atoms with van der Waals surface area (Å²) >= 11 is 0. The van der Waals surface area contributed by atoms with E-state index in [4.69, 9.17) is 0 Å². The Kier molecular flexibility index (Phi) is 5.35. The molecule has 2 aliphatic rings. The molecule has 2 aliphatic heterocycles. The minimum absolute atomic E-state index is 0.0362. The third kappa shape index (κ3) is 4.04. The molecule has 2 rings (SSSR count). The first-order valence-corrected chi connectivity index (χ1v) is 8.77. The molecular formula is C13H15N2O4S2-. The lowest BCUT2D eigenvalue weighted by atomic mass is 10.3. The molecule has 0 radical (unpaired) electrons. The predicted octanol–water partition coefficient (Wildman–Crippen LogP) is 0.672. The Balaban J connectivity index is 1.98. The molecule has 0 aromatic rings. The highest BCUT2D eigenvalue weighted by atomic mass is 33.1. The van der Waals surface area contributed by atoms with Crippen LogP contribution in [-0.4, -0.2) is 38.4 Å². The van der Waals surface area contributed by atoms with E-state index in [9.17, 15) is 19.5 Å². The lowest BCUT2D eigenvalue weighted by Crippen LogP contribution is -2.47. The maximum Gasteiger partial charge on any atom is 0.248 e. The number of amides is 2. The van der Waals surface area contributed by atoms with Crippen LogP contribution in [0, 0.1) is 0 Å². The molecule has 0 bridgehead atoms. The first-order valence-electron chi connectivity index (χ1n) is 6.50. The van der Waals surface area contributed by atoms with Crippen molar-refractivity contribution in [2.75, 3.05) is 0 Å². The van der Waals surface area contributed by atoms with Gasteiger partial charge in [0.05, 0.1) is 0 Å². The van der Waals surface area contributed by atoms with Crippen molar-refractivity contribution < 1.29 is 19.5 Å². The summed E-state index contributed by atoms with van der Waals surface area (Å²) in [7, 11) is 2.81. The van der Waals surface area contributed by atoms with Crippen LogP contribution in [0.15, 0.2) is 24.4 Å². The quantitative estimate of drug-likeness (QED) is 0.524. The number of carboxylic acids is 1. The molecule has 1 fully saturated rings. The van der Waals surface area contributed by atoms with Crippen molar-refractivity contribution in [1.29, 1.82) is 0 Å². The highest BCUT2D eigenvalue weighted by Crippen LogP contribution is 2.37. The van der Waals surface area contributed by atoms with Crippen LogP contribution < -0.4 is 5.11 Å². The maximum atomic E-state index is 11.8. The summed E-state index contributed by atoms with van der Waals surface area (Å²) in [5.74, 6) is -1.51. The van der Waals surface area contributed by atoms with Crippen molar-refractivity contribution in [2.45, 2.75) is 36.8 Å². The van der Waals surface area contributed by atoms with E-state index in [0.29, 0.717) is 0 Å². The number of carbonyl (C=O) groups is 3. The van der Waals surface area contributed by atoms with Gasteiger partial charge in [-0.1, -0.05) is 34.6 Å². The summed E-state index contributed by atoms with van der Waals surface area (Å²) in [6.07, 6.45) is 7.57. The summed E-state index contributed by atoms with van der Waals surface area (Å²) in [6.45, 7) is 1.80. The second kappa shape index (κ2) is 7.04. The summed E-state index contributed by atoms with van der Waals surface area (Å²) in [5.41, 5.74) is 0. The molecule has 8 heteroatoms. The Labute approximate surface area is 130 Å². The fourth-order valence-electron chi connectivity index (χ4n) is 1.97. The number of hydrogen-bond donors (Lipinski definition) is 0. The minimum atomic E-state index is -1.09. The Morgan fingerprint density at radius 2 is 2.05 bits per heavy atom. The van der Waals surface area contributed by atoms with Gasteiger partial charge in [-0.15, -0.1) is 0 Å². The van der Waals surface area contributed by atoms with Crippen LogP contribution in [0.4, 0.5) is 0 Å². The molecule has 2 heterocycles. The van der Waals surface area contributed by atoms with E-state index in [2.05, 4.69) is 0 Å². The number of carbonyl (C=O) groups excluding carboxylic acids is 3. The zero-order chi connectivity index (χ0) is 15.4. The smallest absolute Gasteiger partial charge is 0.248 e. The molecule has 0 saturated carbocycles. The van der Waals surface area contributed by atoms with Crippen molar-refractivity contribution >= 4 is 39.4 Å². The van der Waals surface area contributed by atoms with Crippen LogP contribution in [0.5, 0.6) is 0 Å². The number of hydrazine groups is 1. The van der Waals surface area contributed by atoms with Crippen molar-refractivity contribution in [2.24, 2.45) is 0 Å². The third-order valence-corrected chi connectivity index (χ3v) is 6.00. The zero-order valence-corrected chi connectivity index (χ0v) is 13.1. The number of imide groups is 1. The van der Waals surface area contributed by atoms with Crippen LogP contribution in [-0.2, 0) is 14.4 Å². The summed E-state index contributed by atoms with van der Waals surface area (Å²) < 4.78 is 0. The van der Waals surface area contributed by atoms with Gasteiger partial charge in [0, 0.05) is 30.3 Å². The molecular weight excluding hydrogens is 312 g/mol. The Morgan fingerprint density at radius 1 is 1.38 bits per heavy atom. The molecule has 0 N–H and O–H groups in total. The van der Waals surface area contributed by atoms with Gasteiger partial charge < -0.3 is 9.90 Å². The standard InChI is InChI=1S/C13H16N2O4S2/c1-9(8-13(18)19)20-21-12-4-2-3-7-14(12)15-10(16)5-6-11(15)17/h2-4,7,9,12H,5-6,8H2,1H3,(H,18,19)/p-1. The SMILES string of the molecule is CC(CC(=O)[O-])SSC1C=CC=CN1N1C(=O)CCC1=O. The van der Waals surface area contributed by atoms with E-state index in [1.807, 2.05) is 12.2 Å². The first-order chi connectivity index (χ1) is 9.99. The lowest BCUT2D eigenvalue weighted by Gasteiger charge is -2.35. The average Bonchev–Trinajstić information content (AvgIpc) is 2.75. The topological polar surface area (TPSA) is 80.8 Å². The van der Waals surface area contributed by atoms with Crippen molar-refractivity contribution in [3.63, 3.8) is 0 Å². The Hall–Kier alpha value is -1.41. The molecule has 21 heavy (non-hydrogen) atoms. The summed E-state index contributed by atoms with van der Waals surface area (Å²) in [6, 6.07) is 0. The molecule has 0 aromatic heterocycles. The molecule has 2 unspecified atom stereocenters. The van der Waals surface area contributed by atoms with Crippen LogP contribution >= 0.6 is 21.6 Å². The maximum absolute atomic E-state index is 11.8. The molecule has 114 valence electrons. The van der Waals surface area contributed by atoms with Gasteiger partial charge >= 0.3 is 0 Å². The zero-order valence-electron chi connectivity index (χ0n) is 11.4. The second-order valence-corrected chi connectivity index (χ2v) is 7.50. The van der Waals surface area contributed by atoms with E-state index < -0.39 is 5.97 Å². The highest BCUT2D eigenvalue weighted by Gasteiger charge is 2.36. The van der Waals surface area contributed by atoms with Gasteiger partial charge in [0.1, 0.15) is 5.37 Å². The van der Waals surface area contributed by atoms with Gasteiger partial charge in [0.15, 0.2) is 0 Å². The molecule has 2 amide bonds. The van der Waals surface area contributed by atoms with Gasteiger partial charge in [0.2, 0.25) is 11.8 Å². The van der Waals surface area contributed by atoms with Gasteiger partial charge in [-0.05, 0) is 18.6 Å². The third-order valence-electron chi connectivity index (χ3n) is 2.92. The Morgan fingerprint density at radius 3 is 2.67 bits per heavy atom. The normalized spacial score (nSPS) is 23.0. The van der Waals surface area contributed by atoms with Gasteiger partial charge in [-0.25, -0.2) is 0 Å². The monoisotopic (exact) mass is 327 g/mol. The second-order valence-electron chi connectivity index (χ2n) is 4.68. The number of allylic oxidation sites excluding steroid dienone is 2. The predicted molar refractivity (Wildman–Crippen MR) is 79.3 cm³/mol. The van der Waals surface area contributed by atoms with Crippen molar-refractivity contribution in [3.8, 4) is 0 Å². The van der Waals surface area contributed by atoms with Crippen molar-refractivity contribution in [3.05, 3.63) is 24.4 Å².